The lowest BCUT2D eigenvalue weighted by molar-refractivity contribution is -0.117. The van der Waals surface area contributed by atoms with Crippen LogP contribution in [0.25, 0.3) is 0 Å². The number of hydrogen-bond acceptors (Lipinski definition) is 3. The number of carbonyl (C=O) groups is 1. The van der Waals surface area contributed by atoms with Crippen LogP contribution in [0.1, 0.15) is 5.69 Å². The number of rotatable bonds is 4. The highest BCUT2D eigenvalue weighted by Gasteiger charge is 1.97. The Labute approximate surface area is 70.6 Å². The van der Waals surface area contributed by atoms with E-state index in [1.807, 2.05) is 11.6 Å². The molecular formula is C7H12N4O. The number of nitrogens with two attached hydrogens (primary N) is 1. The summed E-state index contributed by atoms with van der Waals surface area (Å²) >= 11 is 0. The van der Waals surface area contributed by atoms with Gasteiger partial charge in [-0.2, -0.15) is 0 Å². The smallest absolute Gasteiger partial charge is 0.231 e. The van der Waals surface area contributed by atoms with Gasteiger partial charge in [-0.05, 0) is 0 Å². The summed E-state index contributed by atoms with van der Waals surface area (Å²) in [5, 5.41) is 2.89. The van der Waals surface area contributed by atoms with E-state index >= 15 is 0 Å². The first-order valence-corrected chi connectivity index (χ1v) is 3.64. The van der Waals surface area contributed by atoms with Gasteiger partial charge < -0.3 is 15.6 Å². The SMILES string of the molecule is Cn1cncc1CNCC(N)=O. The molecule has 3 N–H and O–H groups in total. The van der Waals surface area contributed by atoms with Gasteiger partial charge in [-0.1, -0.05) is 0 Å². The number of amides is 1. The van der Waals surface area contributed by atoms with Gasteiger partial charge in [0.05, 0.1) is 18.6 Å². The van der Waals surface area contributed by atoms with Gasteiger partial charge in [0.15, 0.2) is 0 Å². The third kappa shape index (κ3) is 2.35. The normalized spacial score (nSPS) is 10.1. The summed E-state index contributed by atoms with van der Waals surface area (Å²) in [6.07, 6.45) is 3.45. The highest BCUT2D eigenvalue weighted by atomic mass is 16.1. The van der Waals surface area contributed by atoms with Crippen LogP contribution in [0, 0.1) is 0 Å². The summed E-state index contributed by atoms with van der Waals surface area (Å²) in [6, 6.07) is 0. The Balaban J connectivity index is 2.33. The first-order chi connectivity index (χ1) is 5.70. The van der Waals surface area contributed by atoms with Crippen molar-refractivity contribution in [2.45, 2.75) is 6.54 Å². The van der Waals surface area contributed by atoms with E-state index in [0.29, 0.717) is 6.54 Å². The minimum Gasteiger partial charge on any atom is -0.369 e. The molecule has 0 atom stereocenters. The Hall–Kier alpha value is -1.36. The minimum atomic E-state index is -0.350. The van der Waals surface area contributed by atoms with Crippen LogP contribution in [0.2, 0.25) is 0 Å². The average Bonchev–Trinajstić information content (AvgIpc) is 2.36. The molecule has 12 heavy (non-hydrogen) atoms. The molecule has 0 saturated carbocycles. The molecule has 5 heteroatoms. The highest BCUT2D eigenvalue weighted by Crippen LogP contribution is 1.93. The van der Waals surface area contributed by atoms with Crippen molar-refractivity contribution in [1.82, 2.24) is 14.9 Å². The van der Waals surface area contributed by atoms with Crippen molar-refractivity contribution in [1.29, 1.82) is 0 Å². The maximum atomic E-state index is 10.4. The van der Waals surface area contributed by atoms with Gasteiger partial charge in [0, 0.05) is 19.8 Å². The zero-order valence-corrected chi connectivity index (χ0v) is 6.95. The Bertz CT molecular complexity index is 268. The van der Waals surface area contributed by atoms with Crippen molar-refractivity contribution < 1.29 is 4.79 Å². The van der Waals surface area contributed by atoms with E-state index < -0.39 is 0 Å². The molecule has 0 aliphatic rings. The van der Waals surface area contributed by atoms with Crippen LogP contribution in [0.5, 0.6) is 0 Å². The fourth-order valence-corrected chi connectivity index (χ4v) is 0.869. The van der Waals surface area contributed by atoms with Gasteiger partial charge in [-0.15, -0.1) is 0 Å². The number of aromatic nitrogens is 2. The molecule has 0 saturated heterocycles. The first-order valence-electron chi connectivity index (χ1n) is 3.64. The molecule has 0 spiro atoms. The second-order valence-electron chi connectivity index (χ2n) is 2.57. The molecule has 1 rings (SSSR count). The molecule has 1 aromatic rings. The van der Waals surface area contributed by atoms with Gasteiger partial charge >= 0.3 is 0 Å². The van der Waals surface area contributed by atoms with Gasteiger partial charge in [-0.3, -0.25) is 4.79 Å². The Morgan fingerprint density at radius 2 is 2.58 bits per heavy atom. The molecule has 0 unspecified atom stereocenters. The second kappa shape index (κ2) is 3.87. The molecule has 1 heterocycles. The Morgan fingerprint density at radius 3 is 3.08 bits per heavy atom. The molecule has 1 amide bonds. The highest BCUT2D eigenvalue weighted by molar-refractivity contribution is 5.75. The van der Waals surface area contributed by atoms with E-state index in [-0.39, 0.29) is 12.5 Å². The van der Waals surface area contributed by atoms with Crippen LogP contribution < -0.4 is 11.1 Å². The lowest BCUT2D eigenvalue weighted by Crippen LogP contribution is -2.28. The van der Waals surface area contributed by atoms with E-state index in [0.717, 1.165) is 5.69 Å². The van der Waals surface area contributed by atoms with E-state index in [9.17, 15) is 4.79 Å². The van der Waals surface area contributed by atoms with Gasteiger partial charge in [-0.25, -0.2) is 4.98 Å². The largest absolute Gasteiger partial charge is 0.369 e. The minimum absolute atomic E-state index is 0.200. The van der Waals surface area contributed by atoms with Crippen LogP contribution in [0.3, 0.4) is 0 Å². The van der Waals surface area contributed by atoms with Gasteiger partial charge in [0.2, 0.25) is 5.91 Å². The van der Waals surface area contributed by atoms with Crippen molar-refractivity contribution >= 4 is 5.91 Å². The summed E-state index contributed by atoms with van der Waals surface area (Å²) in [6.45, 7) is 0.810. The van der Waals surface area contributed by atoms with E-state index in [2.05, 4.69) is 10.3 Å². The second-order valence-corrected chi connectivity index (χ2v) is 2.57. The van der Waals surface area contributed by atoms with Crippen LogP contribution in [0.15, 0.2) is 12.5 Å². The predicted molar refractivity (Wildman–Crippen MR) is 44.1 cm³/mol. The van der Waals surface area contributed by atoms with E-state index in [1.165, 1.54) is 0 Å². The summed E-state index contributed by atoms with van der Waals surface area (Å²) in [7, 11) is 1.90. The molecule has 0 aliphatic heterocycles. The molecule has 0 fully saturated rings. The van der Waals surface area contributed by atoms with Crippen LogP contribution in [0.4, 0.5) is 0 Å². The molecule has 0 aromatic carbocycles. The topological polar surface area (TPSA) is 72.9 Å². The molecular weight excluding hydrogens is 156 g/mol. The maximum Gasteiger partial charge on any atom is 0.231 e. The third-order valence-corrected chi connectivity index (χ3v) is 1.52. The number of aryl methyl sites for hydroxylation is 1. The molecule has 0 radical (unpaired) electrons. The van der Waals surface area contributed by atoms with Crippen molar-refractivity contribution in [3.63, 3.8) is 0 Å². The average molecular weight is 168 g/mol. The number of hydrogen-bond donors (Lipinski definition) is 2. The summed E-state index contributed by atoms with van der Waals surface area (Å²) in [5.74, 6) is -0.350. The van der Waals surface area contributed by atoms with Crippen molar-refractivity contribution in [3.8, 4) is 0 Å². The van der Waals surface area contributed by atoms with Crippen LogP contribution >= 0.6 is 0 Å². The molecule has 1 aromatic heterocycles. The van der Waals surface area contributed by atoms with Crippen LogP contribution in [-0.4, -0.2) is 22.0 Å². The summed E-state index contributed by atoms with van der Waals surface area (Å²) in [4.78, 5) is 14.3. The van der Waals surface area contributed by atoms with Crippen LogP contribution in [-0.2, 0) is 18.4 Å². The van der Waals surface area contributed by atoms with Crippen molar-refractivity contribution in [3.05, 3.63) is 18.2 Å². The van der Waals surface area contributed by atoms with Gasteiger partial charge in [0.25, 0.3) is 0 Å². The molecule has 0 bridgehead atoms. The first kappa shape index (κ1) is 8.73. The fourth-order valence-electron chi connectivity index (χ4n) is 0.869. The molecule has 5 nitrogen and oxygen atoms in total. The Morgan fingerprint density at radius 1 is 1.83 bits per heavy atom. The number of nitrogens with zero attached hydrogens (tertiary/aromatic N) is 2. The van der Waals surface area contributed by atoms with E-state index in [4.69, 9.17) is 5.73 Å². The number of imidazole rings is 1. The number of nitrogens with one attached hydrogen (secondary N) is 1. The molecule has 0 aliphatic carbocycles. The predicted octanol–water partition coefficient (Wildman–Crippen LogP) is -1.00. The summed E-state index contributed by atoms with van der Waals surface area (Å²) < 4.78 is 1.88. The van der Waals surface area contributed by atoms with Gasteiger partial charge in [0.1, 0.15) is 0 Å². The maximum absolute atomic E-state index is 10.4. The zero-order valence-electron chi connectivity index (χ0n) is 6.95. The zero-order chi connectivity index (χ0) is 8.97. The fraction of sp³-hybridized carbons (Fsp3) is 0.429. The number of primary amides is 1. The van der Waals surface area contributed by atoms with Crippen molar-refractivity contribution in [2.75, 3.05) is 6.54 Å². The molecule has 66 valence electrons. The lowest BCUT2D eigenvalue weighted by Gasteiger charge is -2.01. The lowest BCUT2D eigenvalue weighted by atomic mass is 10.4. The summed E-state index contributed by atoms with van der Waals surface area (Å²) in [5.41, 5.74) is 5.97. The van der Waals surface area contributed by atoms with E-state index in [1.54, 1.807) is 12.5 Å². The third-order valence-electron chi connectivity index (χ3n) is 1.52. The van der Waals surface area contributed by atoms with Crippen molar-refractivity contribution in [2.24, 2.45) is 12.8 Å². The quantitative estimate of drug-likeness (QED) is 0.605. The standard InChI is InChI=1S/C7H12N4O/c1-11-5-10-3-6(11)2-9-4-7(8)12/h3,5,9H,2,4H2,1H3,(H2,8,12). The number of carbonyl (C=O) groups excluding carboxylic acids is 1. The Kier molecular flexibility index (Phi) is 2.82. The monoisotopic (exact) mass is 168 g/mol.